The Hall–Kier alpha value is -3.79. The van der Waals surface area contributed by atoms with E-state index in [9.17, 15) is 9.90 Å². The van der Waals surface area contributed by atoms with Crippen LogP contribution in [0.25, 0.3) is 32.6 Å². The number of nitrogens with two attached hydrogens (primary N) is 1. The Bertz CT molecular complexity index is 1500. The summed E-state index contributed by atoms with van der Waals surface area (Å²) in [5.41, 5.74) is 10.3. The number of carbonyl (C=O) groups excluding carboxylic acids is 1. The van der Waals surface area contributed by atoms with Crippen LogP contribution in [0.4, 0.5) is 0 Å². The number of benzene rings is 4. The van der Waals surface area contributed by atoms with E-state index >= 15 is 0 Å². The minimum absolute atomic E-state index is 0.204. The van der Waals surface area contributed by atoms with Crippen LogP contribution in [-0.2, 0) is 13.0 Å². The van der Waals surface area contributed by atoms with Gasteiger partial charge in [-0.25, -0.2) is 0 Å². The molecular formula is C29H28N2O2. The van der Waals surface area contributed by atoms with E-state index in [1.165, 1.54) is 10.8 Å². The Morgan fingerprint density at radius 1 is 0.848 bits per heavy atom. The molecule has 5 rings (SSSR count). The van der Waals surface area contributed by atoms with Crippen molar-refractivity contribution in [1.82, 2.24) is 4.57 Å². The van der Waals surface area contributed by atoms with Gasteiger partial charge >= 0.3 is 0 Å². The van der Waals surface area contributed by atoms with Crippen LogP contribution in [0, 0.1) is 0 Å². The zero-order valence-electron chi connectivity index (χ0n) is 18.8. The largest absolute Gasteiger partial charge is 0.507 e. The number of phenols is 1. The summed E-state index contributed by atoms with van der Waals surface area (Å²) < 4.78 is 2.20. The lowest BCUT2D eigenvalue weighted by Gasteiger charge is -2.11. The van der Waals surface area contributed by atoms with Crippen molar-refractivity contribution in [3.8, 4) is 5.75 Å². The van der Waals surface area contributed by atoms with Crippen LogP contribution in [0.15, 0.2) is 72.8 Å². The van der Waals surface area contributed by atoms with Crippen LogP contribution in [0.2, 0.25) is 0 Å². The summed E-state index contributed by atoms with van der Waals surface area (Å²) in [6.07, 6.45) is 4.31. The monoisotopic (exact) mass is 436 g/mol. The SMILES string of the molecule is CCCCCc1cc(O)c2c3c(C(N)=O)cccc3n(Cc3ccc4ccccc4c3)c2c1. The lowest BCUT2D eigenvalue weighted by atomic mass is 10.0. The molecule has 0 aliphatic heterocycles. The summed E-state index contributed by atoms with van der Waals surface area (Å²) in [6, 6.07) is 24.4. The number of unbranched alkanes of at least 4 members (excludes halogenated alkanes) is 2. The summed E-state index contributed by atoms with van der Waals surface area (Å²) in [6.45, 7) is 2.82. The van der Waals surface area contributed by atoms with E-state index in [-0.39, 0.29) is 5.75 Å². The summed E-state index contributed by atoms with van der Waals surface area (Å²) >= 11 is 0. The first-order valence-electron chi connectivity index (χ1n) is 11.6. The fourth-order valence-corrected chi connectivity index (χ4v) is 4.91. The van der Waals surface area contributed by atoms with E-state index < -0.39 is 5.91 Å². The fourth-order valence-electron chi connectivity index (χ4n) is 4.91. The lowest BCUT2D eigenvalue weighted by molar-refractivity contribution is 0.100. The van der Waals surface area contributed by atoms with Gasteiger partial charge in [0.25, 0.3) is 0 Å². The van der Waals surface area contributed by atoms with Gasteiger partial charge in [-0.3, -0.25) is 4.79 Å². The predicted octanol–water partition coefficient (Wildman–Crippen LogP) is 6.53. The number of phenolic OH excluding ortho intramolecular Hbond substituents is 1. The fraction of sp³-hybridized carbons (Fsp3) is 0.207. The Labute approximate surface area is 193 Å². The normalized spacial score (nSPS) is 11.5. The van der Waals surface area contributed by atoms with Crippen molar-refractivity contribution in [3.63, 3.8) is 0 Å². The molecule has 33 heavy (non-hydrogen) atoms. The first-order valence-corrected chi connectivity index (χ1v) is 11.6. The van der Waals surface area contributed by atoms with Gasteiger partial charge in [-0.15, -0.1) is 0 Å². The average Bonchev–Trinajstić information content (AvgIpc) is 3.13. The number of hydrogen-bond acceptors (Lipinski definition) is 2. The van der Waals surface area contributed by atoms with Crippen molar-refractivity contribution in [2.24, 2.45) is 5.73 Å². The molecule has 0 unspecified atom stereocenters. The van der Waals surface area contributed by atoms with Gasteiger partial charge in [0.2, 0.25) is 5.91 Å². The first kappa shape index (κ1) is 21.1. The van der Waals surface area contributed by atoms with Crippen molar-refractivity contribution in [2.45, 2.75) is 39.2 Å². The smallest absolute Gasteiger partial charge is 0.249 e. The number of nitrogens with zero attached hydrogens (tertiary/aromatic N) is 1. The van der Waals surface area contributed by atoms with Crippen molar-refractivity contribution < 1.29 is 9.90 Å². The quantitative estimate of drug-likeness (QED) is 0.285. The van der Waals surface area contributed by atoms with E-state index in [2.05, 4.69) is 47.9 Å². The summed E-state index contributed by atoms with van der Waals surface area (Å²) in [7, 11) is 0. The van der Waals surface area contributed by atoms with E-state index in [4.69, 9.17) is 5.73 Å². The van der Waals surface area contributed by atoms with Crippen molar-refractivity contribution in [1.29, 1.82) is 0 Å². The molecule has 0 saturated heterocycles. The van der Waals surface area contributed by atoms with Crippen molar-refractivity contribution in [2.75, 3.05) is 0 Å². The molecule has 0 fully saturated rings. The molecule has 1 amide bonds. The number of aromatic hydroxyl groups is 1. The first-order chi connectivity index (χ1) is 16.1. The van der Waals surface area contributed by atoms with E-state index in [1.54, 1.807) is 6.07 Å². The van der Waals surface area contributed by atoms with Crippen LogP contribution < -0.4 is 5.73 Å². The highest BCUT2D eigenvalue weighted by atomic mass is 16.3. The molecule has 0 aliphatic carbocycles. The number of amides is 1. The summed E-state index contributed by atoms with van der Waals surface area (Å²) in [5, 5.41) is 14.9. The van der Waals surface area contributed by atoms with Gasteiger partial charge in [0.1, 0.15) is 5.75 Å². The summed E-state index contributed by atoms with van der Waals surface area (Å²) in [5.74, 6) is -0.285. The molecular weight excluding hydrogens is 408 g/mol. The second kappa shape index (κ2) is 8.62. The number of primary amides is 1. The van der Waals surface area contributed by atoms with Crippen molar-refractivity contribution in [3.05, 3.63) is 89.5 Å². The Kier molecular flexibility index (Phi) is 5.51. The maximum Gasteiger partial charge on any atom is 0.249 e. The minimum atomic E-state index is -0.489. The molecule has 0 saturated carbocycles. The van der Waals surface area contributed by atoms with Crippen molar-refractivity contribution >= 4 is 38.5 Å². The molecule has 4 aromatic carbocycles. The van der Waals surface area contributed by atoms with Crippen LogP contribution >= 0.6 is 0 Å². The number of carbonyl (C=O) groups is 1. The highest BCUT2D eigenvalue weighted by Crippen LogP contribution is 2.39. The molecule has 3 N–H and O–H groups in total. The van der Waals surface area contributed by atoms with Gasteiger partial charge in [-0.1, -0.05) is 62.2 Å². The van der Waals surface area contributed by atoms with Gasteiger partial charge < -0.3 is 15.4 Å². The number of rotatable bonds is 7. The topological polar surface area (TPSA) is 68.2 Å². The maximum absolute atomic E-state index is 12.3. The molecule has 0 spiro atoms. The number of hydrogen-bond donors (Lipinski definition) is 2. The van der Waals surface area contributed by atoms with E-state index in [0.717, 1.165) is 53.2 Å². The third-order valence-corrected chi connectivity index (χ3v) is 6.52. The Morgan fingerprint density at radius 2 is 1.67 bits per heavy atom. The van der Waals surface area contributed by atoms with Crippen LogP contribution in [0.1, 0.15) is 47.7 Å². The average molecular weight is 437 g/mol. The maximum atomic E-state index is 12.3. The molecule has 4 heteroatoms. The van der Waals surface area contributed by atoms with Gasteiger partial charge in [0.05, 0.1) is 16.4 Å². The van der Waals surface area contributed by atoms with Gasteiger partial charge in [0, 0.05) is 17.5 Å². The lowest BCUT2D eigenvalue weighted by Crippen LogP contribution is -2.11. The number of aryl methyl sites for hydroxylation is 1. The molecule has 0 radical (unpaired) electrons. The zero-order valence-corrected chi connectivity index (χ0v) is 18.8. The second-order valence-electron chi connectivity index (χ2n) is 8.80. The van der Waals surface area contributed by atoms with Crippen LogP contribution in [0.5, 0.6) is 5.75 Å². The molecule has 5 aromatic rings. The molecule has 0 atom stereocenters. The number of fused-ring (bicyclic) bond motifs is 4. The molecule has 4 nitrogen and oxygen atoms in total. The molecule has 166 valence electrons. The van der Waals surface area contributed by atoms with E-state index in [0.29, 0.717) is 17.5 Å². The standard InChI is InChI=1S/C29H28N2O2/c1-2-3-4-8-19-16-25-28(26(32)17-19)27-23(29(30)33)11-7-12-24(27)31(25)18-20-13-14-21-9-5-6-10-22(21)15-20/h5-7,9-17,32H,2-4,8,18H2,1H3,(H2,30,33). The van der Waals surface area contributed by atoms with E-state index in [1.807, 2.05) is 30.3 Å². The molecule has 1 aromatic heterocycles. The molecule has 1 heterocycles. The Balaban J connectivity index is 1.73. The highest BCUT2D eigenvalue weighted by Gasteiger charge is 2.20. The highest BCUT2D eigenvalue weighted by molar-refractivity contribution is 6.19. The Morgan fingerprint density at radius 3 is 2.45 bits per heavy atom. The van der Waals surface area contributed by atoms with Gasteiger partial charge in [0.15, 0.2) is 0 Å². The predicted molar refractivity (Wildman–Crippen MR) is 136 cm³/mol. The molecule has 0 aliphatic rings. The minimum Gasteiger partial charge on any atom is -0.507 e. The van der Waals surface area contributed by atoms with Crippen LogP contribution in [0.3, 0.4) is 0 Å². The summed E-state index contributed by atoms with van der Waals surface area (Å²) in [4.78, 5) is 12.3. The third-order valence-electron chi connectivity index (χ3n) is 6.52. The third kappa shape index (κ3) is 3.82. The number of aromatic nitrogens is 1. The van der Waals surface area contributed by atoms with Gasteiger partial charge in [-0.05, 0) is 65.1 Å². The van der Waals surface area contributed by atoms with Crippen LogP contribution in [-0.4, -0.2) is 15.6 Å². The molecule has 0 bridgehead atoms. The second-order valence-corrected chi connectivity index (χ2v) is 8.80. The zero-order chi connectivity index (χ0) is 22.9. The van der Waals surface area contributed by atoms with Gasteiger partial charge in [-0.2, -0.15) is 0 Å².